The van der Waals surface area contributed by atoms with Crippen molar-refractivity contribution in [2.24, 2.45) is 11.3 Å². The predicted molar refractivity (Wildman–Crippen MR) is 71.5 cm³/mol. The molecule has 5 heteroatoms. The Balaban J connectivity index is 1.99. The van der Waals surface area contributed by atoms with Gasteiger partial charge in [-0.2, -0.15) is 0 Å². The second-order valence-electron chi connectivity index (χ2n) is 5.62. The molecule has 0 bridgehead atoms. The summed E-state index contributed by atoms with van der Waals surface area (Å²) >= 11 is 0. The summed E-state index contributed by atoms with van der Waals surface area (Å²) in [5, 5.41) is 2.77. The van der Waals surface area contributed by atoms with Crippen molar-refractivity contribution >= 4 is 11.8 Å². The highest BCUT2D eigenvalue weighted by molar-refractivity contribution is 5.81. The molecule has 1 aliphatic heterocycles. The van der Waals surface area contributed by atoms with E-state index in [9.17, 15) is 9.59 Å². The van der Waals surface area contributed by atoms with E-state index in [2.05, 4.69) is 5.32 Å². The molecule has 0 aromatic carbocycles. The molecule has 0 aromatic rings. The topological polar surface area (TPSA) is 58.6 Å². The van der Waals surface area contributed by atoms with Gasteiger partial charge >= 0.3 is 0 Å². The Bertz CT molecular complexity index is 359. The van der Waals surface area contributed by atoms with Crippen LogP contribution in [0, 0.1) is 11.3 Å². The fourth-order valence-electron chi connectivity index (χ4n) is 3.60. The quantitative estimate of drug-likeness (QED) is 0.820. The number of carbonyl (C=O) groups excluding carboxylic acids is 2. The molecule has 0 radical (unpaired) electrons. The minimum absolute atomic E-state index is 0.0158. The fraction of sp³-hybridized carbons (Fsp3) is 0.857. The van der Waals surface area contributed by atoms with Gasteiger partial charge in [0.05, 0.1) is 0 Å². The van der Waals surface area contributed by atoms with Gasteiger partial charge in [-0.1, -0.05) is 6.42 Å². The van der Waals surface area contributed by atoms with Crippen molar-refractivity contribution in [1.82, 2.24) is 10.2 Å². The molecule has 1 saturated carbocycles. The smallest absolute Gasteiger partial charge is 0.248 e. The third-order valence-electron chi connectivity index (χ3n) is 4.64. The van der Waals surface area contributed by atoms with E-state index < -0.39 is 0 Å². The van der Waals surface area contributed by atoms with Crippen LogP contribution in [0.15, 0.2) is 0 Å². The van der Waals surface area contributed by atoms with E-state index in [0.29, 0.717) is 6.61 Å². The molecule has 1 spiro atoms. The largest absolute Gasteiger partial charge is 0.372 e. The summed E-state index contributed by atoms with van der Waals surface area (Å²) in [5.41, 5.74) is 0.0158. The van der Waals surface area contributed by atoms with Crippen LogP contribution in [0.4, 0.5) is 0 Å². The lowest BCUT2D eigenvalue weighted by atomic mass is 9.76. The Kier molecular flexibility index (Phi) is 4.45. The molecule has 1 saturated heterocycles. The molecule has 2 amide bonds. The first kappa shape index (κ1) is 14.3. The van der Waals surface area contributed by atoms with Crippen molar-refractivity contribution in [3.8, 4) is 0 Å². The molecule has 2 atom stereocenters. The molecule has 2 aliphatic rings. The Morgan fingerprint density at radius 1 is 1.42 bits per heavy atom. The van der Waals surface area contributed by atoms with Gasteiger partial charge in [0.25, 0.3) is 0 Å². The number of hydrogen-bond donors (Lipinski definition) is 1. The summed E-state index contributed by atoms with van der Waals surface area (Å²) < 4.78 is 5.18. The number of nitrogens with zero attached hydrogens (tertiary/aromatic N) is 1. The van der Waals surface area contributed by atoms with Gasteiger partial charge in [-0.3, -0.25) is 9.59 Å². The number of hydrogen-bond acceptors (Lipinski definition) is 3. The lowest BCUT2D eigenvalue weighted by molar-refractivity contribution is -0.136. The van der Waals surface area contributed by atoms with Crippen molar-refractivity contribution in [3.63, 3.8) is 0 Å². The minimum Gasteiger partial charge on any atom is -0.372 e. The third kappa shape index (κ3) is 2.76. The van der Waals surface area contributed by atoms with Crippen molar-refractivity contribution in [2.75, 3.05) is 33.4 Å². The second kappa shape index (κ2) is 5.90. The van der Waals surface area contributed by atoms with Gasteiger partial charge in [0.2, 0.25) is 11.8 Å². The van der Waals surface area contributed by atoms with E-state index in [0.717, 1.165) is 38.8 Å². The maximum absolute atomic E-state index is 12.0. The van der Waals surface area contributed by atoms with Crippen LogP contribution in [-0.2, 0) is 14.3 Å². The zero-order valence-electron chi connectivity index (χ0n) is 11.9. The summed E-state index contributed by atoms with van der Waals surface area (Å²) in [6.07, 6.45) is 4.05. The summed E-state index contributed by atoms with van der Waals surface area (Å²) in [5.74, 6) is 0.264. The van der Waals surface area contributed by atoms with Gasteiger partial charge < -0.3 is 15.0 Å². The summed E-state index contributed by atoms with van der Waals surface area (Å²) in [6.45, 7) is 4.09. The fourth-order valence-corrected chi connectivity index (χ4v) is 3.60. The molecular weight excluding hydrogens is 244 g/mol. The van der Waals surface area contributed by atoms with E-state index in [1.807, 2.05) is 11.8 Å². The maximum Gasteiger partial charge on any atom is 0.248 e. The molecular formula is C14H24N2O3. The van der Waals surface area contributed by atoms with Crippen molar-refractivity contribution in [3.05, 3.63) is 0 Å². The van der Waals surface area contributed by atoms with Crippen LogP contribution in [0.2, 0.25) is 0 Å². The average molecular weight is 268 g/mol. The number of carbonyl (C=O) groups is 2. The van der Waals surface area contributed by atoms with Crippen molar-refractivity contribution in [2.45, 2.75) is 32.6 Å². The summed E-state index contributed by atoms with van der Waals surface area (Å²) in [6, 6.07) is 0. The van der Waals surface area contributed by atoms with E-state index in [1.54, 1.807) is 7.05 Å². The first-order valence-corrected chi connectivity index (χ1v) is 7.20. The number of ether oxygens (including phenoxy) is 1. The normalized spacial score (nSPS) is 30.0. The number of likely N-dealkylation sites (tertiary alicyclic amines) is 1. The Hall–Kier alpha value is -1.10. The van der Waals surface area contributed by atoms with Crippen molar-refractivity contribution in [1.29, 1.82) is 0 Å². The zero-order valence-corrected chi connectivity index (χ0v) is 11.9. The standard InChI is InChI=1S/C14H24N2O3/c1-3-19-9-12(17)16-8-7-14(10-16)6-4-5-11(14)13(18)15-2/h11H,3-10H2,1-2H3,(H,15,18). The van der Waals surface area contributed by atoms with Gasteiger partial charge in [-0.25, -0.2) is 0 Å². The molecule has 1 aliphatic carbocycles. The third-order valence-corrected chi connectivity index (χ3v) is 4.64. The van der Waals surface area contributed by atoms with E-state index in [4.69, 9.17) is 4.74 Å². The van der Waals surface area contributed by atoms with Crippen LogP contribution in [0.3, 0.4) is 0 Å². The highest BCUT2D eigenvalue weighted by Gasteiger charge is 2.50. The van der Waals surface area contributed by atoms with Gasteiger partial charge in [0, 0.05) is 38.1 Å². The van der Waals surface area contributed by atoms with Crippen LogP contribution in [0.5, 0.6) is 0 Å². The van der Waals surface area contributed by atoms with Gasteiger partial charge in [-0.05, 0) is 26.2 Å². The number of nitrogens with one attached hydrogen (secondary N) is 1. The number of rotatable bonds is 4. The zero-order chi connectivity index (χ0) is 13.9. The first-order chi connectivity index (χ1) is 9.13. The molecule has 1 heterocycles. The Labute approximate surface area is 114 Å². The van der Waals surface area contributed by atoms with E-state index >= 15 is 0 Å². The highest BCUT2D eigenvalue weighted by atomic mass is 16.5. The first-order valence-electron chi connectivity index (χ1n) is 7.20. The van der Waals surface area contributed by atoms with E-state index in [1.165, 1.54) is 0 Å². The molecule has 0 aromatic heterocycles. The van der Waals surface area contributed by atoms with Crippen molar-refractivity contribution < 1.29 is 14.3 Å². The molecule has 2 unspecified atom stereocenters. The highest BCUT2D eigenvalue weighted by Crippen LogP contribution is 2.49. The molecule has 2 fully saturated rings. The Morgan fingerprint density at radius 2 is 2.21 bits per heavy atom. The lowest BCUT2D eigenvalue weighted by Crippen LogP contribution is -2.41. The summed E-state index contributed by atoms with van der Waals surface area (Å²) in [7, 11) is 1.70. The Morgan fingerprint density at radius 3 is 2.89 bits per heavy atom. The van der Waals surface area contributed by atoms with Gasteiger partial charge in [-0.15, -0.1) is 0 Å². The van der Waals surface area contributed by atoms with Crippen LogP contribution in [0.1, 0.15) is 32.6 Å². The predicted octanol–water partition coefficient (Wildman–Crippen LogP) is 0.788. The van der Waals surface area contributed by atoms with Crippen LogP contribution in [-0.4, -0.2) is 50.1 Å². The molecule has 19 heavy (non-hydrogen) atoms. The number of amides is 2. The SMILES string of the molecule is CCOCC(=O)N1CCC2(CCCC2C(=O)NC)C1. The monoisotopic (exact) mass is 268 g/mol. The molecule has 5 nitrogen and oxygen atoms in total. The second-order valence-corrected chi connectivity index (χ2v) is 5.62. The lowest BCUT2D eigenvalue weighted by Gasteiger charge is -2.30. The van der Waals surface area contributed by atoms with Crippen LogP contribution >= 0.6 is 0 Å². The van der Waals surface area contributed by atoms with Crippen LogP contribution in [0.25, 0.3) is 0 Å². The average Bonchev–Trinajstić information content (AvgIpc) is 3.03. The van der Waals surface area contributed by atoms with Gasteiger partial charge in [0.1, 0.15) is 6.61 Å². The summed E-state index contributed by atoms with van der Waals surface area (Å²) in [4.78, 5) is 25.8. The van der Waals surface area contributed by atoms with E-state index in [-0.39, 0.29) is 29.8 Å². The molecule has 2 rings (SSSR count). The van der Waals surface area contributed by atoms with Gasteiger partial charge in [0.15, 0.2) is 0 Å². The minimum atomic E-state index is 0.0158. The van der Waals surface area contributed by atoms with Crippen LogP contribution < -0.4 is 5.32 Å². The molecule has 1 N–H and O–H groups in total. The maximum atomic E-state index is 12.0. The molecule has 108 valence electrons.